The average molecular weight is 212 g/mol. The number of ether oxygens (including phenoxy) is 1. The molecule has 0 radical (unpaired) electrons. The Morgan fingerprint density at radius 2 is 2.43 bits per heavy atom. The fourth-order valence-electron chi connectivity index (χ4n) is 1.98. The van der Waals surface area contributed by atoms with E-state index in [2.05, 4.69) is 11.4 Å². The molecule has 0 spiro atoms. The Morgan fingerprint density at radius 3 is 3.21 bits per heavy atom. The molecule has 3 heteroatoms. The topological polar surface area (TPSA) is 21.3 Å². The van der Waals surface area contributed by atoms with Gasteiger partial charge in [0.2, 0.25) is 0 Å². The average Bonchev–Trinajstić information content (AvgIpc) is 2.19. The van der Waals surface area contributed by atoms with E-state index in [1.54, 1.807) is 7.11 Å². The molecule has 1 aromatic carbocycles. The normalized spacial score (nSPS) is 20.6. The number of methoxy groups -OCH3 is 1. The van der Waals surface area contributed by atoms with Crippen LogP contribution < -0.4 is 5.32 Å². The molecule has 2 nitrogen and oxygen atoms in total. The van der Waals surface area contributed by atoms with E-state index < -0.39 is 0 Å². The second kappa shape index (κ2) is 4.30. The van der Waals surface area contributed by atoms with Crippen LogP contribution in [-0.4, -0.2) is 20.3 Å². The minimum atomic E-state index is 0.248. The molecule has 1 aliphatic rings. The lowest BCUT2D eigenvalue weighted by Crippen LogP contribution is -2.32. The molecule has 1 atom stereocenters. The van der Waals surface area contributed by atoms with Gasteiger partial charge in [-0.3, -0.25) is 0 Å². The molecule has 1 N–H and O–H groups in total. The lowest BCUT2D eigenvalue weighted by atomic mass is 9.95. The number of halogens is 1. The molecular formula is C11H14ClNO. The highest BCUT2D eigenvalue weighted by Gasteiger charge is 2.21. The van der Waals surface area contributed by atoms with Crippen molar-refractivity contribution in [3.63, 3.8) is 0 Å². The van der Waals surface area contributed by atoms with Gasteiger partial charge in [-0.1, -0.05) is 23.7 Å². The van der Waals surface area contributed by atoms with Crippen molar-refractivity contribution in [3.05, 3.63) is 34.3 Å². The summed E-state index contributed by atoms with van der Waals surface area (Å²) in [6.07, 6.45) is 1.05. The second-order valence-electron chi connectivity index (χ2n) is 3.52. The first kappa shape index (κ1) is 9.97. The minimum Gasteiger partial charge on any atom is -0.383 e. The van der Waals surface area contributed by atoms with E-state index in [9.17, 15) is 0 Å². The molecule has 0 fully saturated rings. The van der Waals surface area contributed by atoms with Gasteiger partial charge in [-0.05, 0) is 30.2 Å². The smallest absolute Gasteiger partial charge is 0.0658 e. The largest absolute Gasteiger partial charge is 0.383 e. The number of hydrogen-bond donors (Lipinski definition) is 1. The fourth-order valence-corrected chi connectivity index (χ4v) is 2.31. The monoisotopic (exact) mass is 211 g/mol. The number of fused-ring (bicyclic) bond motifs is 1. The Kier molecular flexibility index (Phi) is 3.06. The molecule has 0 aromatic heterocycles. The molecule has 2 rings (SSSR count). The van der Waals surface area contributed by atoms with Crippen LogP contribution >= 0.6 is 11.6 Å². The summed E-state index contributed by atoms with van der Waals surface area (Å²) in [5.74, 6) is 0. The molecule has 14 heavy (non-hydrogen) atoms. The zero-order chi connectivity index (χ0) is 9.97. The standard InChI is InChI=1S/C11H14ClNO/c1-14-7-10-11-8(5-6-13-10)3-2-4-9(11)12/h2-4,10,13H,5-7H2,1H3. The van der Waals surface area contributed by atoms with Crippen molar-refractivity contribution < 1.29 is 4.74 Å². The highest BCUT2D eigenvalue weighted by atomic mass is 35.5. The molecule has 0 bridgehead atoms. The van der Waals surface area contributed by atoms with Crippen LogP contribution in [-0.2, 0) is 11.2 Å². The third-order valence-electron chi connectivity index (χ3n) is 2.61. The zero-order valence-corrected chi connectivity index (χ0v) is 8.97. The summed E-state index contributed by atoms with van der Waals surface area (Å²) >= 11 is 6.18. The first-order valence-corrected chi connectivity index (χ1v) is 5.20. The summed E-state index contributed by atoms with van der Waals surface area (Å²) in [6, 6.07) is 6.34. The summed E-state index contributed by atoms with van der Waals surface area (Å²) in [5.41, 5.74) is 2.56. The summed E-state index contributed by atoms with van der Waals surface area (Å²) in [5, 5.41) is 4.25. The molecule has 1 unspecified atom stereocenters. The van der Waals surface area contributed by atoms with Gasteiger partial charge in [0.05, 0.1) is 12.6 Å². The SMILES string of the molecule is COCC1NCCc2cccc(Cl)c21. The molecule has 0 saturated carbocycles. The van der Waals surface area contributed by atoms with Crippen molar-refractivity contribution in [2.75, 3.05) is 20.3 Å². The molecule has 1 aromatic rings. The van der Waals surface area contributed by atoms with E-state index in [1.165, 1.54) is 11.1 Å². The third-order valence-corrected chi connectivity index (χ3v) is 2.94. The van der Waals surface area contributed by atoms with E-state index in [0.29, 0.717) is 6.61 Å². The van der Waals surface area contributed by atoms with Gasteiger partial charge in [-0.2, -0.15) is 0 Å². The number of benzene rings is 1. The third kappa shape index (κ3) is 1.78. The van der Waals surface area contributed by atoms with E-state index in [1.807, 2.05) is 12.1 Å². The molecular weight excluding hydrogens is 198 g/mol. The molecule has 76 valence electrons. The first-order valence-electron chi connectivity index (χ1n) is 4.82. The van der Waals surface area contributed by atoms with Gasteiger partial charge in [-0.25, -0.2) is 0 Å². The van der Waals surface area contributed by atoms with E-state index in [0.717, 1.165) is 18.0 Å². The maximum atomic E-state index is 6.18. The Morgan fingerprint density at radius 1 is 1.57 bits per heavy atom. The molecule has 1 heterocycles. The summed E-state index contributed by atoms with van der Waals surface area (Å²) in [7, 11) is 1.72. The van der Waals surface area contributed by atoms with Crippen molar-refractivity contribution in [2.45, 2.75) is 12.5 Å². The Bertz CT molecular complexity index is 327. The minimum absolute atomic E-state index is 0.248. The number of rotatable bonds is 2. The number of hydrogen-bond acceptors (Lipinski definition) is 2. The van der Waals surface area contributed by atoms with E-state index >= 15 is 0 Å². The van der Waals surface area contributed by atoms with Gasteiger partial charge in [0, 0.05) is 12.1 Å². The van der Waals surface area contributed by atoms with E-state index in [-0.39, 0.29) is 6.04 Å². The van der Waals surface area contributed by atoms with Crippen molar-refractivity contribution in [1.29, 1.82) is 0 Å². The molecule has 0 amide bonds. The lowest BCUT2D eigenvalue weighted by molar-refractivity contribution is 0.164. The molecule has 1 aliphatic heterocycles. The van der Waals surface area contributed by atoms with Crippen molar-refractivity contribution >= 4 is 11.6 Å². The van der Waals surface area contributed by atoms with Crippen LogP contribution in [0.25, 0.3) is 0 Å². The van der Waals surface area contributed by atoms with Crippen LogP contribution in [0.5, 0.6) is 0 Å². The van der Waals surface area contributed by atoms with Crippen molar-refractivity contribution in [3.8, 4) is 0 Å². The van der Waals surface area contributed by atoms with Crippen molar-refractivity contribution in [2.24, 2.45) is 0 Å². The van der Waals surface area contributed by atoms with Gasteiger partial charge in [0.25, 0.3) is 0 Å². The molecule has 0 saturated heterocycles. The van der Waals surface area contributed by atoms with Gasteiger partial charge in [0.1, 0.15) is 0 Å². The van der Waals surface area contributed by atoms with Gasteiger partial charge < -0.3 is 10.1 Å². The zero-order valence-electron chi connectivity index (χ0n) is 8.22. The quantitative estimate of drug-likeness (QED) is 0.810. The van der Waals surface area contributed by atoms with Crippen molar-refractivity contribution in [1.82, 2.24) is 5.32 Å². The predicted octanol–water partition coefficient (Wildman–Crippen LogP) is 2.17. The van der Waals surface area contributed by atoms with Gasteiger partial charge in [0.15, 0.2) is 0 Å². The fraction of sp³-hybridized carbons (Fsp3) is 0.455. The van der Waals surface area contributed by atoms with Crippen LogP contribution in [0.3, 0.4) is 0 Å². The van der Waals surface area contributed by atoms with Crippen LogP contribution in [0.15, 0.2) is 18.2 Å². The summed E-state index contributed by atoms with van der Waals surface area (Å²) in [4.78, 5) is 0. The van der Waals surface area contributed by atoms with Gasteiger partial charge in [-0.15, -0.1) is 0 Å². The maximum absolute atomic E-state index is 6.18. The summed E-state index contributed by atoms with van der Waals surface area (Å²) < 4.78 is 5.17. The van der Waals surface area contributed by atoms with Crippen LogP contribution in [0.4, 0.5) is 0 Å². The Hall–Kier alpha value is -0.570. The lowest BCUT2D eigenvalue weighted by Gasteiger charge is -2.27. The Labute approximate surface area is 89.2 Å². The van der Waals surface area contributed by atoms with Crippen LogP contribution in [0.2, 0.25) is 5.02 Å². The van der Waals surface area contributed by atoms with E-state index in [4.69, 9.17) is 16.3 Å². The predicted molar refractivity (Wildman–Crippen MR) is 57.8 cm³/mol. The Balaban J connectivity index is 2.36. The summed E-state index contributed by atoms with van der Waals surface area (Å²) in [6.45, 7) is 1.68. The second-order valence-corrected chi connectivity index (χ2v) is 3.93. The number of nitrogens with one attached hydrogen (secondary N) is 1. The maximum Gasteiger partial charge on any atom is 0.0658 e. The first-order chi connectivity index (χ1) is 6.83. The van der Waals surface area contributed by atoms with Gasteiger partial charge >= 0.3 is 0 Å². The highest BCUT2D eigenvalue weighted by Crippen LogP contribution is 2.29. The highest BCUT2D eigenvalue weighted by molar-refractivity contribution is 6.31. The molecule has 0 aliphatic carbocycles. The van der Waals surface area contributed by atoms with Crippen LogP contribution in [0, 0.1) is 0 Å². The van der Waals surface area contributed by atoms with Crippen LogP contribution in [0.1, 0.15) is 17.2 Å².